The topological polar surface area (TPSA) is 57.4 Å². The summed E-state index contributed by atoms with van der Waals surface area (Å²) in [5, 5.41) is 0.927. The van der Waals surface area contributed by atoms with Gasteiger partial charge in [-0.2, -0.15) is 0 Å². The van der Waals surface area contributed by atoms with E-state index < -0.39 is 0 Å². The first-order valence-corrected chi connectivity index (χ1v) is 6.61. The molecule has 2 heterocycles. The molecule has 1 aromatic heterocycles. The lowest BCUT2D eigenvalue weighted by molar-refractivity contribution is 0.143. The molecule has 1 unspecified atom stereocenters. The highest BCUT2D eigenvalue weighted by Gasteiger charge is 2.20. The van der Waals surface area contributed by atoms with Gasteiger partial charge in [0.25, 0.3) is 0 Å². The highest BCUT2D eigenvalue weighted by Crippen LogP contribution is 2.33. The van der Waals surface area contributed by atoms with E-state index in [0.29, 0.717) is 18.0 Å². The molecule has 0 spiro atoms. The maximum Gasteiger partial charge on any atom is 0.153 e. The molecule has 1 fully saturated rings. The fourth-order valence-corrected chi connectivity index (χ4v) is 2.42. The van der Waals surface area contributed by atoms with Gasteiger partial charge >= 0.3 is 0 Å². The second-order valence-electron chi connectivity index (χ2n) is 4.31. The number of pyridine rings is 1. The van der Waals surface area contributed by atoms with Crippen molar-refractivity contribution in [3.8, 4) is 5.75 Å². The van der Waals surface area contributed by atoms with Gasteiger partial charge in [0.2, 0.25) is 0 Å². The van der Waals surface area contributed by atoms with E-state index in [0.717, 1.165) is 28.4 Å². The Labute approximate surface area is 113 Å². The maximum absolute atomic E-state index is 5.97. The average Bonchev–Trinajstić information content (AvgIpc) is 2.86. The normalized spacial score (nSPS) is 19.3. The van der Waals surface area contributed by atoms with Crippen molar-refractivity contribution >= 4 is 32.5 Å². The van der Waals surface area contributed by atoms with Gasteiger partial charge in [0.15, 0.2) is 5.75 Å². The van der Waals surface area contributed by atoms with Crippen LogP contribution in [0.4, 0.5) is 5.69 Å². The van der Waals surface area contributed by atoms with Gasteiger partial charge in [0.05, 0.1) is 30.6 Å². The Kier molecular flexibility index (Phi) is 3.09. The summed E-state index contributed by atoms with van der Waals surface area (Å²) >= 11 is 3.46. The maximum atomic E-state index is 5.97. The third kappa shape index (κ3) is 2.15. The van der Waals surface area contributed by atoms with E-state index in [1.807, 2.05) is 18.2 Å². The summed E-state index contributed by atoms with van der Waals surface area (Å²) in [4.78, 5) is 4.30. The number of anilines is 1. The van der Waals surface area contributed by atoms with E-state index in [1.54, 1.807) is 6.20 Å². The van der Waals surface area contributed by atoms with Gasteiger partial charge in [-0.3, -0.25) is 4.98 Å². The van der Waals surface area contributed by atoms with E-state index in [4.69, 9.17) is 15.2 Å². The van der Waals surface area contributed by atoms with E-state index in [1.165, 1.54) is 0 Å². The highest BCUT2D eigenvalue weighted by atomic mass is 79.9. The smallest absolute Gasteiger partial charge is 0.153 e. The van der Waals surface area contributed by atoms with Gasteiger partial charge in [-0.15, -0.1) is 0 Å². The van der Waals surface area contributed by atoms with Crippen LogP contribution in [-0.4, -0.2) is 24.3 Å². The van der Waals surface area contributed by atoms with Crippen LogP contribution in [0.25, 0.3) is 10.9 Å². The van der Waals surface area contributed by atoms with Gasteiger partial charge in [0.1, 0.15) is 6.10 Å². The number of halogens is 1. The average molecular weight is 309 g/mol. The van der Waals surface area contributed by atoms with Crippen molar-refractivity contribution in [1.29, 1.82) is 0 Å². The number of nitrogens with zero attached hydrogens (tertiary/aromatic N) is 1. The molecule has 0 aliphatic carbocycles. The van der Waals surface area contributed by atoms with Crippen molar-refractivity contribution in [2.45, 2.75) is 12.5 Å². The first-order chi connectivity index (χ1) is 8.74. The van der Waals surface area contributed by atoms with Crippen molar-refractivity contribution in [2.75, 3.05) is 18.9 Å². The van der Waals surface area contributed by atoms with E-state index in [9.17, 15) is 0 Å². The van der Waals surface area contributed by atoms with Crippen molar-refractivity contribution in [1.82, 2.24) is 4.98 Å². The largest absolute Gasteiger partial charge is 0.485 e. The Morgan fingerprint density at radius 1 is 1.44 bits per heavy atom. The second kappa shape index (κ2) is 4.74. The Morgan fingerprint density at radius 2 is 2.33 bits per heavy atom. The summed E-state index contributed by atoms with van der Waals surface area (Å²) < 4.78 is 12.3. The van der Waals surface area contributed by atoms with Crippen molar-refractivity contribution < 1.29 is 9.47 Å². The summed E-state index contributed by atoms with van der Waals surface area (Å²) in [5.41, 5.74) is 7.41. The molecule has 18 heavy (non-hydrogen) atoms. The molecule has 5 heteroatoms. The monoisotopic (exact) mass is 308 g/mol. The Hall–Kier alpha value is -1.33. The molecule has 94 valence electrons. The third-order valence-corrected chi connectivity index (χ3v) is 3.47. The van der Waals surface area contributed by atoms with Crippen LogP contribution >= 0.6 is 15.9 Å². The lowest BCUT2D eigenvalue weighted by Gasteiger charge is -2.15. The SMILES string of the molecule is Nc1cnc2ccc(Br)cc2c1OC1CCOC1. The number of hydrogen-bond acceptors (Lipinski definition) is 4. The van der Waals surface area contributed by atoms with Crippen LogP contribution in [0.15, 0.2) is 28.9 Å². The lowest BCUT2D eigenvalue weighted by atomic mass is 10.2. The molecule has 1 saturated heterocycles. The third-order valence-electron chi connectivity index (χ3n) is 2.98. The van der Waals surface area contributed by atoms with Crippen LogP contribution in [0, 0.1) is 0 Å². The molecule has 0 bridgehead atoms. The molecule has 3 rings (SSSR count). The van der Waals surface area contributed by atoms with Crippen LogP contribution in [0.1, 0.15) is 6.42 Å². The van der Waals surface area contributed by atoms with Crippen LogP contribution < -0.4 is 10.5 Å². The number of hydrogen-bond donors (Lipinski definition) is 1. The molecular formula is C13H13BrN2O2. The molecule has 1 aliphatic rings. The summed E-state index contributed by atoms with van der Waals surface area (Å²) in [6.07, 6.45) is 2.62. The minimum Gasteiger partial charge on any atom is -0.485 e. The summed E-state index contributed by atoms with van der Waals surface area (Å²) in [7, 11) is 0. The van der Waals surface area contributed by atoms with Gasteiger partial charge in [-0.1, -0.05) is 15.9 Å². The zero-order valence-electron chi connectivity index (χ0n) is 9.73. The fourth-order valence-electron chi connectivity index (χ4n) is 2.06. The summed E-state index contributed by atoms with van der Waals surface area (Å²) in [5.74, 6) is 0.705. The van der Waals surface area contributed by atoms with E-state index >= 15 is 0 Å². The quantitative estimate of drug-likeness (QED) is 0.927. The second-order valence-corrected chi connectivity index (χ2v) is 5.22. The summed E-state index contributed by atoms with van der Waals surface area (Å²) in [6, 6.07) is 5.87. The molecular weight excluding hydrogens is 296 g/mol. The first-order valence-electron chi connectivity index (χ1n) is 5.82. The first kappa shape index (κ1) is 11.7. The predicted octanol–water partition coefficient (Wildman–Crippen LogP) is 2.75. The Balaban J connectivity index is 2.07. The van der Waals surface area contributed by atoms with Gasteiger partial charge in [-0.05, 0) is 18.2 Å². The number of benzene rings is 1. The number of fused-ring (bicyclic) bond motifs is 1. The molecule has 1 aromatic carbocycles. The van der Waals surface area contributed by atoms with E-state index in [-0.39, 0.29) is 6.10 Å². The molecule has 2 N–H and O–H groups in total. The Morgan fingerprint density at radius 3 is 3.11 bits per heavy atom. The summed E-state index contributed by atoms with van der Waals surface area (Å²) in [6.45, 7) is 1.37. The van der Waals surface area contributed by atoms with Crippen molar-refractivity contribution in [3.05, 3.63) is 28.9 Å². The van der Waals surface area contributed by atoms with E-state index in [2.05, 4.69) is 20.9 Å². The predicted molar refractivity (Wildman–Crippen MR) is 73.7 cm³/mol. The van der Waals surface area contributed by atoms with Gasteiger partial charge < -0.3 is 15.2 Å². The van der Waals surface area contributed by atoms with Crippen molar-refractivity contribution in [2.24, 2.45) is 0 Å². The van der Waals surface area contributed by atoms with Crippen molar-refractivity contribution in [3.63, 3.8) is 0 Å². The minimum atomic E-state index is 0.0804. The molecule has 0 radical (unpaired) electrons. The number of nitrogen functional groups attached to an aromatic ring is 1. The highest BCUT2D eigenvalue weighted by molar-refractivity contribution is 9.10. The molecule has 2 aromatic rings. The van der Waals surface area contributed by atoms with Crippen LogP contribution in [-0.2, 0) is 4.74 Å². The number of ether oxygens (including phenoxy) is 2. The zero-order valence-corrected chi connectivity index (χ0v) is 11.3. The molecule has 0 saturated carbocycles. The standard InChI is InChI=1S/C13H13BrN2O2/c14-8-1-2-12-10(5-8)13(11(15)6-16-12)18-9-3-4-17-7-9/h1-2,5-6,9H,3-4,7,15H2. The van der Waals surface area contributed by atoms with Gasteiger partial charge in [0, 0.05) is 16.3 Å². The zero-order chi connectivity index (χ0) is 12.5. The molecule has 1 aliphatic heterocycles. The molecule has 0 amide bonds. The molecule has 4 nitrogen and oxygen atoms in total. The Bertz CT molecular complexity index is 577. The lowest BCUT2D eigenvalue weighted by Crippen LogP contribution is -2.16. The number of nitrogens with two attached hydrogens (primary N) is 1. The van der Waals surface area contributed by atoms with Crippen LogP contribution in [0.5, 0.6) is 5.75 Å². The van der Waals surface area contributed by atoms with Gasteiger partial charge in [-0.25, -0.2) is 0 Å². The number of aromatic nitrogens is 1. The van der Waals surface area contributed by atoms with Crippen LogP contribution in [0.3, 0.4) is 0 Å². The number of rotatable bonds is 2. The molecule has 1 atom stereocenters. The van der Waals surface area contributed by atoms with Crippen LogP contribution in [0.2, 0.25) is 0 Å². The fraction of sp³-hybridized carbons (Fsp3) is 0.308. The minimum absolute atomic E-state index is 0.0804.